The van der Waals surface area contributed by atoms with Gasteiger partial charge in [0.25, 0.3) is 0 Å². The Kier molecular flexibility index (Phi) is 6.33. The third-order valence-corrected chi connectivity index (χ3v) is 9.73. The van der Waals surface area contributed by atoms with Crippen LogP contribution in [-0.2, 0) is 0 Å². The first-order valence-electron chi connectivity index (χ1n) is 15.9. The van der Waals surface area contributed by atoms with Crippen molar-refractivity contribution in [3.8, 4) is 34.6 Å². The maximum absolute atomic E-state index is 10.9. The Bertz CT molecular complexity index is 2580. The molecule has 8 rings (SSSR count). The predicted octanol–water partition coefficient (Wildman–Crippen LogP) is 10.8. The molecule has 0 unspecified atom stereocenters. The number of hydrogen-bond acceptors (Lipinski definition) is 2. The lowest BCUT2D eigenvalue weighted by atomic mass is 9.94. The van der Waals surface area contributed by atoms with E-state index >= 15 is 0 Å². The number of aromatic nitrogens is 2. The van der Waals surface area contributed by atoms with Gasteiger partial charge in [0.2, 0.25) is 0 Å². The highest BCUT2D eigenvalue weighted by Crippen LogP contribution is 2.43. The summed E-state index contributed by atoms with van der Waals surface area (Å²) >= 11 is 0. The molecule has 0 spiro atoms. The molecule has 8 aromatic rings. The molecule has 0 saturated heterocycles. The molecule has 0 radical (unpaired) electrons. The van der Waals surface area contributed by atoms with Crippen molar-refractivity contribution < 1.29 is 0 Å². The van der Waals surface area contributed by atoms with E-state index in [1.807, 2.05) is 19.1 Å². The maximum atomic E-state index is 10.9. The zero-order valence-electron chi connectivity index (χ0n) is 27.1. The second kappa shape index (κ2) is 10.5. The topological polar surface area (TPSA) is 57.4 Å². The third-order valence-electron chi connectivity index (χ3n) is 9.73. The van der Waals surface area contributed by atoms with Gasteiger partial charge in [0.05, 0.1) is 50.6 Å². The Morgan fingerprint density at radius 3 is 1.28 bits per heavy atom. The molecule has 224 valence electrons. The van der Waals surface area contributed by atoms with Crippen molar-refractivity contribution in [1.29, 1.82) is 10.5 Å². The number of hydrogen-bond donors (Lipinski definition) is 0. The first kappa shape index (κ1) is 28.4. The van der Waals surface area contributed by atoms with Crippen molar-refractivity contribution in [3.63, 3.8) is 0 Å². The molecule has 4 heteroatoms. The number of benzene rings is 6. The number of rotatable bonds is 3. The minimum absolute atomic E-state index is 0.567. The van der Waals surface area contributed by atoms with Gasteiger partial charge in [0.1, 0.15) is 6.07 Å². The van der Waals surface area contributed by atoms with Gasteiger partial charge in [0.15, 0.2) is 0 Å². The van der Waals surface area contributed by atoms with Crippen molar-refractivity contribution in [2.45, 2.75) is 34.6 Å². The highest BCUT2D eigenvalue weighted by Gasteiger charge is 2.24. The molecule has 0 aliphatic carbocycles. The molecule has 2 heterocycles. The van der Waals surface area contributed by atoms with Crippen LogP contribution in [-0.4, -0.2) is 9.13 Å². The molecule has 0 bridgehead atoms. The number of aryl methyl sites for hydroxylation is 5. The van der Waals surface area contributed by atoms with Gasteiger partial charge in [-0.05, 0) is 80.6 Å². The lowest BCUT2D eigenvalue weighted by molar-refractivity contribution is 1.12. The van der Waals surface area contributed by atoms with Gasteiger partial charge < -0.3 is 9.13 Å². The molecule has 0 saturated carbocycles. The number of nitriles is 2. The predicted molar refractivity (Wildman–Crippen MR) is 194 cm³/mol. The first-order valence-corrected chi connectivity index (χ1v) is 15.9. The fourth-order valence-electron chi connectivity index (χ4n) is 7.64. The van der Waals surface area contributed by atoms with Crippen LogP contribution in [0.5, 0.6) is 0 Å². The van der Waals surface area contributed by atoms with E-state index in [2.05, 4.69) is 140 Å². The van der Waals surface area contributed by atoms with Crippen molar-refractivity contribution in [3.05, 3.63) is 142 Å². The van der Waals surface area contributed by atoms with Crippen molar-refractivity contribution in [2.24, 2.45) is 0 Å². The molecule has 47 heavy (non-hydrogen) atoms. The zero-order valence-corrected chi connectivity index (χ0v) is 27.1. The van der Waals surface area contributed by atoms with Gasteiger partial charge in [-0.3, -0.25) is 0 Å². The third kappa shape index (κ3) is 4.05. The summed E-state index contributed by atoms with van der Waals surface area (Å²) in [6, 6.07) is 41.0. The summed E-state index contributed by atoms with van der Waals surface area (Å²) < 4.78 is 4.59. The van der Waals surface area contributed by atoms with Crippen LogP contribution in [0.25, 0.3) is 66.1 Å². The SMILES string of the molecule is Cc1ccc(-c2cc(-n3c4c(C)cccc4c4cccc(C)c43)c(C#N)cc2-n2c3c(C)cccc3c3cccc(C)c32)c(C#N)c1. The highest BCUT2D eigenvalue weighted by molar-refractivity contribution is 6.13. The Labute approximate surface area is 274 Å². The summed E-state index contributed by atoms with van der Waals surface area (Å²) in [5.74, 6) is 0. The summed E-state index contributed by atoms with van der Waals surface area (Å²) in [6.45, 7) is 10.6. The molecule has 0 amide bonds. The molecule has 0 aliphatic heterocycles. The summed E-state index contributed by atoms with van der Waals surface area (Å²) in [6.07, 6.45) is 0. The van der Waals surface area contributed by atoms with E-state index < -0.39 is 0 Å². The summed E-state index contributed by atoms with van der Waals surface area (Å²) in [5.41, 5.74) is 14.5. The molecular weight excluding hydrogens is 573 g/mol. The van der Waals surface area contributed by atoms with Crippen molar-refractivity contribution in [1.82, 2.24) is 9.13 Å². The zero-order chi connectivity index (χ0) is 32.6. The van der Waals surface area contributed by atoms with Crippen LogP contribution >= 0.6 is 0 Å². The fourth-order valence-corrected chi connectivity index (χ4v) is 7.64. The Morgan fingerprint density at radius 2 is 0.851 bits per heavy atom. The van der Waals surface area contributed by atoms with Crippen LogP contribution in [0.2, 0.25) is 0 Å². The second-order valence-electron chi connectivity index (χ2n) is 12.7. The quantitative estimate of drug-likeness (QED) is 0.201. The summed E-state index contributed by atoms with van der Waals surface area (Å²) in [4.78, 5) is 0. The van der Waals surface area contributed by atoms with Crippen LogP contribution in [0.15, 0.2) is 103 Å². The van der Waals surface area contributed by atoms with E-state index in [0.717, 1.165) is 93.9 Å². The smallest absolute Gasteiger partial charge is 0.101 e. The van der Waals surface area contributed by atoms with Crippen molar-refractivity contribution >= 4 is 43.6 Å². The minimum Gasteiger partial charge on any atom is -0.308 e. The molecule has 0 N–H and O–H groups in total. The molecule has 6 aromatic carbocycles. The number of nitrogens with zero attached hydrogens (tertiary/aromatic N) is 4. The fraction of sp³-hybridized carbons (Fsp3) is 0.116. The summed E-state index contributed by atoms with van der Waals surface area (Å²) in [7, 11) is 0. The largest absolute Gasteiger partial charge is 0.308 e. The van der Waals surface area contributed by atoms with E-state index in [-0.39, 0.29) is 0 Å². The normalized spacial score (nSPS) is 11.5. The van der Waals surface area contributed by atoms with Crippen LogP contribution in [0.3, 0.4) is 0 Å². The second-order valence-corrected chi connectivity index (χ2v) is 12.7. The Balaban J connectivity index is 1.61. The van der Waals surface area contributed by atoms with E-state index in [0.29, 0.717) is 11.1 Å². The van der Waals surface area contributed by atoms with E-state index in [9.17, 15) is 10.5 Å². The van der Waals surface area contributed by atoms with Gasteiger partial charge in [-0.15, -0.1) is 0 Å². The van der Waals surface area contributed by atoms with Crippen LogP contribution in [0.4, 0.5) is 0 Å². The van der Waals surface area contributed by atoms with E-state index in [1.54, 1.807) is 0 Å². The van der Waals surface area contributed by atoms with Gasteiger partial charge in [-0.25, -0.2) is 0 Å². The van der Waals surface area contributed by atoms with Crippen LogP contribution in [0.1, 0.15) is 38.9 Å². The molecular formula is C43H32N4. The summed E-state index contributed by atoms with van der Waals surface area (Å²) in [5, 5.41) is 26.0. The minimum atomic E-state index is 0.567. The Morgan fingerprint density at radius 1 is 0.426 bits per heavy atom. The highest BCUT2D eigenvalue weighted by atomic mass is 15.0. The molecule has 0 aliphatic rings. The lowest BCUT2D eigenvalue weighted by Crippen LogP contribution is -2.06. The van der Waals surface area contributed by atoms with Crippen LogP contribution < -0.4 is 0 Å². The van der Waals surface area contributed by atoms with Crippen molar-refractivity contribution in [2.75, 3.05) is 0 Å². The van der Waals surface area contributed by atoms with Gasteiger partial charge in [0, 0.05) is 32.7 Å². The molecule has 0 fully saturated rings. The standard InChI is InChI=1S/C43H32N4/c1-25-18-19-32(30(20-25)23-44)37-22-38(46-40-26(2)10-6-14-33(40)34-15-7-11-27(3)41(34)46)31(24-45)21-39(37)47-42-28(4)12-8-16-35(42)36-17-9-13-29(5)43(36)47/h6-22H,1-5H3. The van der Waals surface area contributed by atoms with Gasteiger partial charge in [-0.1, -0.05) is 84.9 Å². The van der Waals surface area contributed by atoms with Gasteiger partial charge >= 0.3 is 0 Å². The Hall–Kier alpha value is -6.10. The molecule has 4 nitrogen and oxygen atoms in total. The van der Waals surface area contributed by atoms with E-state index in [4.69, 9.17) is 0 Å². The molecule has 0 atom stereocenters. The average molecular weight is 605 g/mol. The first-order chi connectivity index (χ1) is 22.8. The average Bonchev–Trinajstić information content (AvgIpc) is 3.61. The van der Waals surface area contributed by atoms with E-state index in [1.165, 1.54) is 0 Å². The van der Waals surface area contributed by atoms with Gasteiger partial charge in [-0.2, -0.15) is 10.5 Å². The maximum Gasteiger partial charge on any atom is 0.101 e. The monoisotopic (exact) mass is 604 g/mol. The van der Waals surface area contributed by atoms with Crippen LogP contribution in [0, 0.1) is 57.3 Å². The molecule has 2 aromatic heterocycles. The lowest BCUT2D eigenvalue weighted by Gasteiger charge is -2.21. The number of para-hydroxylation sites is 4. The number of fused-ring (bicyclic) bond motifs is 6.